The Kier molecular flexibility index (Phi) is 4.10. The zero-order chi connectivity index (χ0) is 15.9. The summed E-state index contributed by atoms with van der Waals surface area (Å²) in [6, 6.07) is 3.83. The molecule has 0 spiro atoms. The van der Waals surface area contributed by atoms with Gasteiger partial charge in [-0.3, -0.25) is 9.59 Å². The zero-order valence-corrected chi connectivity index (χ0v) is 13.6. The number of likely N-dealkylation sites (tertiary alicyclic amines) is 1. The van der Waals surface area contributed by atoms with Crippen molar-refractivity contribution in [3.05, 3.63) is 34.1 Å². The maximum absolute atomic E-state index is 13.8. The first-order chi connectivity index (χ1) is 9.62. The number of carbonyl (C=O) groups excluding carboxylic acids is 1. The summed E-state index contributed by atoms with van der Waals surface area (Å²) in [4.78, 5) is 25.3. The molecule has 1 aromatic carbocycles. The van der Waals surface area contributed by atoms with Crippen LogP contribution < -0.4 is 0 Å². The number of carboxylic acids is 1. The maximum atomic E-state index is 13.8. The molecule has 1 aliphatic heterocycles. The molecule has 2 unspecified atom stereocenters. The minimum Gasteiger partial charge on any atom is -0.481 e. The first-order valence-electron chi connectivity index (χ1n) is 6.63. The quantitative estimate of drug-likeness (QED) is 0.882. The van der Waals surface area contributed by atoms with Gasteiger partial charge >= 0.3 is 5.97 Å². The molecule has 2 atom stereocenters. The number of hydrogen-bond acceptors (Lipinski definition) is 2. The van der Waals surface area contributed by atoms with E-state index >= 15 is 0 Å². The van der Waals surface area contributed by atoms with Crippen molar-refractivity contribution in [1.29, 1.82) is 0 Å². The molecular formula is C15H17BrFNO3. The molecule has 0 bridgehead atoms. The maximum Gasteiger partial charge on any atom is 0.309 e. The van der Waals surface area contributed by atoms with E-state index in [-0.39, 0.29) is 12.3 Å². The molecule has 0 aromatic heterocycles. The number of hydrogen-bond donors (Lipinski definition) is 1. The molecule has 0 aliphatic carbocycles. The van der Waals surface area contributed by atoms with Crippen molar-refractivity contribution in [2.75, 3.05) is 0 Å². The predicted molar refractivity (Wildman–Crippen MR) is 79.2 cm³/mol. The van der Waals surface area contributed by atoms with Gasteiger partial charge in [0.2, 0.25) is 5.91 Å². The van der Waals surface area contributed by atoms with Gasteiger partial charge in [-0.2, -0.15) is 0 Å². The Morgan fingerprint density at radius 3 is 2.52 bits per heavy atom. The van der Waals surface area contributed by atoms with Crippen molar-refractivity contribution in [3.63, 3.8) is 0 Å². The fourth-order valence-corrected chi connectivity index (χ4v) is 3.07. The van der Waals surface area contributed by atoms with Crippen LogP contribution in [0.25, 0.3) is 0 Å². The van der Waals surface area contributed by atoms with E-state index < -0.39 is 29.3 Å². The van der Waals surface area contributed by atoms with Crippen LogP contribution in [0.3, 0.4) is 0 Å². The predicted octanol–water partition coefficient (Wildman–Crippen LogP) is 3.36. The first kappa shape index (κ1) is 15.9. The molecule has 1 amide bonds. The van der Waals surface area contributed by atoms with Crippen LogP contribution in [-0.4, -0.2) is 27.4 Å². The normalized spacial score (nSPS) is 22.7. The van der Waals surface area contributed by atoms with Crippen molar-refractivity contribution in [1.82, 2.24) is 4.90 Å². The lowest BCUT2D eigenvalue weighted by Crippen LogP contribution is -2.44. The van der Waals surface area contributed by atoms with Gasteiger partial charge in [-0.05, 0) is 54.4 Å². The minimum atomic E-state index is -1.04. The largest absolute Gasteiger partial charge is 0.481 e. The molecule has 1 fully saturated rings. The summed E-state index contributed by atoms with van der Waals surface area (Å²) in [5, 5.41) is 9.39. The lowest BCUT2D eigenvalue weighted by atomic mass is 9.91. The van der Waals surface area contributed by atoms with E-state index in [0.717, 1.165) is 0 Å². The average molecular weight is 358 g/mol. The number of halogens is 2. The van der Waals surface area contributed by atoms with E-state index in [0.29, 0.717) is 10.0 Å². The van der Waals surface area contributed by atoms with Gasteiger partial charge in [0, 0.05) is 12.0 Å². The van der Waals surface area contributed by atoms with E-state index in [2.05, 4.69) is 15.9 Å². The topological polar surface area (TPSA) is 57.6 Å². The summed E-state index contributed by atoms with van der Waals surface area (Å²) >= 11 is 3.08. The van der Waals surface area contributed by atoms with Gasteiger partial charge in [0.1, 0.15) is 5.82 Å². The smallest absolute Gasteiger partial charge is 0.309 e. The van der Waals surface area contributed by atoms with E-state index in [1.54, 1.807) is 11.0 Å². The van der Waals surface area contributed by atoms with Crippen LogP contribution in [0.1, 0.15) is 38.8 Å². The first-order valence-corrected chi connectivity index (χ1v) is 7.42. The summed E-state index contributed by atoms with van der Waals surface area (Å²) in [7, 11) is 0. The van der Waals surface area contributed by atoms with Gasteiger partial charge in [0.25, 0.3) is 0 Å². The van der Waals surface area contributed by atoms with E-state index in [9.17, 15) is 19.1 Å². The van der Waals surface area contributed by atoms with Crippen molar-refractivity contribution in [3.8, 4) is 0 Å². The lowest BCUT2D eigenvalue weighted by Gasteiger charge is -2.38. The molecule has 114 valence electrons. The standard InChI is InChI=1S/C15H17BrFNO3/c1-15(2,3)18-12(19)7-9(14(20)21)13(18)8-4-5-10(16)11(17)6-8/h4-6,9,13H,7H2,1-3H3,(H,20,21). The summed E-state index contributed by atoms with van der Waals surface area (Å²) in [6.07, 6.45) is -0.0606. The van der Waals surface area contributed by atoms with Crippen molar-refractivity contribution >= 4 is 27.8 Å². The van der Waals surface area contributed by atoms with Crippen LogP contribution in [0.4, 0.5) is 4.39 Å². The fraction of sp³-hybridized carbons (Fsp3) is 0.467. The Hall–Kier alpha value is -1.43. The highest BCUT2D eigenvalue weighted by molar-refractivity contribution is 9.10. The molecule has 0 radical (unpaired) electrons. The third-order valence-electron chi connectivity index (χ3n) is 3.65. The highest BCUT2D eigenvalue weighted by atomic mass is 79.9. The molecule has 2 rings (SSSR count). The van der Waals surface area contributed by atoms with Gasteiger partial charge in [0.05, 0.1) is 16.4 Å². The molecule has 1 heterocycles. The van der Waals surface area contributed by atoms with E-state index in [1.807, 2.05) is 20.8 Å². The molecule has 1 aliphatic rings. The molecule has 1 aromatic rings. The molecule has 21 heavy (non-hydrogen) atoms. The third kappa shape index (κ3) is 2.95. The Bertz CT molecular complexity index is 597. The monoisotopic (exact) mass is 357 g/mol. The number of carbonyl (C=O) groups is 2. The number of aliphatic carboxylic acids is 1. The minimum absolute atomic E-state index is 0.0606. The lowest BCUT2D eigenvalue weighted by molar-refractivity contribution is -0.142. The van der Waals surface area contributed by atoms with Crippen LogP contribution >= 0.6 is 15.9 Å². The molecule has 6 heteroatoms. The second kappa shape index (κ2) is 5.40. The van der Waals surface area contributed by atoms with Crippen LogP contribution in [0.15, 0.2) is 22.7 Å². The summed E-state index contributed by atoms with van der Waals surface area (Å²) < 4.78 is 14.1. The van der Waals surface area contributed by atoms with Gasteiger partial charge in [-0.15, -0.1) is 0 Å². The van der Waals surface area contributed by atoms with Crippen molar-refractivity contribution < 1.29 is 19.1 Å². The summed E-state index contributed by atoms with van der Waals surface area (Å²) in [6.45, 7) is 5.53. The third-order valence-corrected chi connectivity index (χ3v) is 4.29. The number of nitrogens with zero attached hydrogens (tertiary/aromatic N) is 1. The van der Waals surface area contributed by atoms with Crippen LogP contribution in [-0.2, 0) is 9.59 Å². The van der Waals surface area contributed by atoms with Gasteiger partial charge < -0.3 is 10.0 Å². The number of amides is 1. The molecule has 1 N–H and O–H groups in total. The molecule has 4 nitrogen and oxygen atoms in total. The number of carboxylic acid groups (broad SMARTS) is 1. The highest BCUT2D eigenvalue weighted by Crippen LogP contribution is 2.43. The highest BCUT2D eigenvalue weighted by Gasteiger charge is 2.48. The van der Waals surface area contributed by atoms with Gasteiger partial charge in [0.15, 0.2) is 0 Å². The SMILES string of the molecule is CC(C)(C)N1C(=O)CC(C(=O)O)C1c1ccc(Br)c(F)c1. The Morgan fingerprint density at radius 2 is 2.05 bits per heavy atom. The Labute approximate surface area is 131 Å². The van der Waals surface area contributed by atoms with Crippen LogP contribution in [0.2, 0.25) is 0 Å². The van der Waals surface area contributed by atoms with Crippen molar-refractivity contribution in [2.45, 2.75) is 38.8 Å². The fourth-order valence-electron chi connectivity index (χ4n) is 2.82. The average Bonchev–Trinajstić information content (AvgIpc) is 2.70. The number of rotatable bonds is 2. The van der Waals surface area contributed by atoms with E-state index in [1.165, 1.54) is 12.1 Å². The van der Waals surface area contributed by atoms with E-state index in [4.69, 9.17) is 0 Å². The Balaban J connectivity index is 2.54. The molecule has 0 saturated carbocycles. The number of benzene rings is 1. The van der Waals surface area contributed by atoms with Crippen LogP contribution in [0.5, 0.6) is 0 Å². The van der Waals surface area contributed by atoms with Gasteiger partial charge in [-0.25, -0.2) is 4.39 Å². The van der Waals surface area contributed by atoms with Gasteiger partial charge in [-0.1, -0.05) is 6.07 Å². The molecular weight excluding hydrogens is 341 g/mol. The zero-order valence-electron chi connectivity index (χ0n) is 12.1. The Morgan fingerprint density at radius 1 is 1.43 bits per heavy atom. The van der Waals surface area contributed by atoms with Crippen molar-refractivity contribution in [2.24, 2.45) is 5.92 Å². The summed E-state index contributed by atoms with van der Waals surface area (Å²) in [5.74, 6) is -2.59. The second-order valence-electron chi connectivity index (χ2n) is 6.20. The van der Waals surface area contributed by atoms with Crippen LogP contribution in [0, 0.1) is 11.7 Å². The molecule has 1 saturated heterocycles. The summed E-state index contributed by atoms with van der Waals surface area (Å²) in [5.41, 5.74) is -0.0287. The second-order valence-corrected chi connectivity index (χ2v) is 7.06.